The number of benzene rings is 2. The third-order valence-electron chi connectivity index (χ3n) is 5.27. The molecule has 0 bridgehead atoms. The van der Waals surface area contributed by atoms with Crippen molar-refractivity contribution >= 4 is 22.8 Å². The van der Waals surface area contributed by atoms with Crippen LogP contribution in [0.1, 0.15) is 23.7 Å². The van der Waals surface area contributed by atoms with Gasteiger partial charge in [0.2, 0.25) is 6.79 Å². The lowest BCUT2D eigenvalue weighted by atomic mass is 10.2. The van der Waals surface area contributed by atoms with Crippen LogP contribution in [0, 0.1) is 6.92 Å². The molecule has 0 atom stereocenters. The van der Waals surface area contributed by atoms with Crippen LogP contribution in [0.5, 0.6) is 11.5 Å². The van der Waals surface area contributed by atoms with Gasteiger partial charge >= 0.3 is 0 Å². The van der Waals surface area contributed by atoms with E-state index in [4.69, 9.17) is 14.5 Å². The highest BCUT2D eigenvalue weighted by Gasteiger charge is 2.20. The second kappa shape index (κ2) is 8.11. The van der Waals surface area contributed by atoms with Gasteiger partial charge in [-0.05, 0) is 37.1 Å². The van der Waals surface area contributed by atoms with Gasteiger partial charge in [0.1, 0.15) is 5.52 Å². The molecule has 31 heavy (non-hydrogen) atoms. The van der Waals surface area contributed by atoms with Crippen molar-refractivity contribution in [3.63, 3.8) is 0 Å². The van der Waals surface area contributed by atoms with E-state index in [1.807, 2.05) is 50.2 Å². The predicted molar refractivity (Wildman–Crippen MR) is 120 cm³/mol. The molecule has 8 heteroatoms. The number of hydrogen-bond donors (Lipinski definition) is 0. The second-order valence-corrected chi connectivity index (χ2v) is 8.29. The number of fused-ring (bicyclic) bond motifs is 2. The molecule has 0 N–H and O–H groups in total. The third-order valence-corrected chi connectivity index (χ3v) is 6.32. The van der Waals surface area contributed by atoms with Crippen molar-refractivity contribution in [3.05, 3.63) is 75.7 Å². The van der Waals surface area contributed by atoms with Gasteiger partial charge in [-0.2, -0.15) is 5.10 Å². The molecule has 2 aromatic carbocycles. The highest BCUT2D eigenvalue weighted by Crippen LogP contribution is 2.33. The van der Waals surface area contributed by atoms with Gasteiger partial charge in [-0.15, -0.1) is 0 Å². The molecule has 5 rings (SSSR count). The molecule has 158 valence electrons. The molecule has 0 aliphatic carbocycles. The topological polar surface area (TPSA) is 71.2 Å². The van der Waals surface area contributed by atoms with Crippen LogP contribution in [0.25, 0.3) is 11.0 Å². The number of rotatable bonds is 6. The minimum atomic E-state index is -0.0827. The Hall–Kier alpha value is -3.26. The first-order chi connectivity index (χ1) is 15.1. The molecule has 0 saturated carbocycles. The van der Waals surface area contributed by atoms with Crippen molar-refractivity contribution in [3.8, 4) is 11.5 Å². The molecule has 0 fully saturated rings. The monoisotopic (exact) mass is 434 g/mol. The highest BCUT2D eigenvalue weighted by atomic mass is 32.2. The number of nitrogens with zero attached hydrogens (tertiary/aromatic N) is 4. The molecule has 4 aromatic rings. The molecule has 0 radical (unpaired) electrons. The number of thioether (sulfide) groups is 1. The standard InChI is InChI=1S/C23H22N4O3S/c1-3-27-21-20(15(2)25-27)24-23(31-13-16-7-5-4-6-8-16)26(22(21)28)12-17-9-10-18-19(11-17)30-14-29-18/h4-11H,3,12-14H2,1-2H3. The van der Waals surface area contributed by atoms with E-state index < -0.39 is 0 Å². The van der Waals surface area contributed by atoms with Crippen LogP contribution in [-0.4, -0.2) is 26.1 Å². The molecule has 7 nitrogen and oxygen atoms in total. The van der Waals surface area contributed by atoms with E-state index in [1.54, 1.807) is 21.0 Å². The van der Waals surface area contributed by atoms with Gasteiger partial charge in [0.25, 0.3) is 5.56 Å². The molecule has 0 spiro atoms. The molecule has 1 aliphatic heterocycles. The van der Waals surface area contributed by atoms with E-state index in [9.17, 15) is 4.79 Å². The molecule has 2 aromatic heterocycles. The van der Waals surface area contributed by atoms with Crippen molar-refractivity contribution in [1.29, 1.82) is 0 Å². The summed E-state index contributed by atoms with van der Waals surface area (Å²) in [4.78, 5) is 18.5. The molecular formula is C23H22N4O3S. The molecule has 3 heterocycles. The van der Waals surface area contributed by atoms with Crippen molar-refractivity contribution in [1.82, 2.24) is 19.3 Å². The minimum Gasteiger partial charge on any atom is -0.454 e. The summed E-state index contributed by atoms with van der Waals surface area (Å²) in [5.41, 5.74) is 4.03. The maximum absolute atomic E-state index is 13.6. The van der Waals surface area contributed by atoms with Gasteiger partial charge in [-0.1, -0.05) is 48.2 Å². The lowest BCUT2D eigenvalue weighted by Gasteiger charge is -2.13. The van der Waals surface area contributed by atoms with Crippen LogP contribution in [0.4, 0.5) is 0 Å². The summed E-state index contributed by atoms with van der Waals surface area (Å²) in [6.07, 6.45) is 0. The Morgan fingerprint density at radius 2 is 1.87 bits per heavy atom. The Labute approximate surface area is 183 Å². The van der Waals surface area contributed by atoms with Crippen molar-refractivity contribution < 1.29 is 9.47 Å². The molecule has 0 saturated heterocycles. The Bertz CT molecular complexity index is 1310. The summed E-state index contributed by atoms with van der Waals surface area (Å²) in [6.45, 7) is 5.10. The fourth-order valence-electron chi connectivity index (χ4n) is 3.71. The highest BCUT2D eigenvalue weighted by molar-refractivity contribution is 7.98. The van der Waals surface area contributed by atoms with E-state index in [2.05, 4.69) is 17.2 Å². The summed E-state index contributed by atoms with van der Waals surface area (Å²) < 4.78 is 14.4. The SMILES string of the molecule is CCn1nc(C)c2nc(SCc3ccccc3)n(Cc3ccc4c(c3)OCO4)c(=O)c21. The number of aromatic nitrogens is 4. The summed E-state index contributed by atoms with van der Waals surface area (Å²) in [7, 11) is 0. The van der Waals surface area contributed by atoms with Crippen molar-refractivity contribution in [2.75, 3.05) is 6.79 Å². The first kappa shape index (κ1) is 19.7. The Morgan fingerprint density at radius 1 is 1.06 bits per heavy atom. The van der Waals surface area contributed by atoms with E-state index in [0.29, 0.717) is 35.0 Å². The zero-order valence-electron chi connectivity index (χ0n) is 17.4. The van der Waals surface area contributed by atoms with E-state index in [-0.39, 0.29) is 12.4 Å². The molecule has 1 aliphatic rings. The van der Waals surface area contributed by atoms with Gasteiger partial charge in [0.05, 0.1) is 12.2 Å². The van der Waals surface area contributed by atoms with Crippen LogP contribution in [-0.2, 0) is 18.8 Å². The fourth-order valence-corrected chi connectivity index (χ4v) is 4.66. The van der Waals surface area contributed by atoms with E-state index in [0.717, 1.165) is 22.8 Å². The van der Waals surface area contributed by atoms with Gasteiger partial charge in [0, 0.05) is 12.3 Å². The predicted octanol–water partition coefficient (Wildman–Crippen LogP) is 3.99. The van der Waals surface area contributed by atoms with Crippen LogP contribution >= 0.6 is 11.8 Å². The smallest absolute Gasteiger partial charge is 0.280 e. The van der Waals surface area contributed by atoms with E-state index >= 15 is 0 Å². The van der Waals surface area contributed by atoms with Crippen molar-refractivity contribution in [2.24, 2.45) is 0 Å². The fraction of sp³-hybridized carbons (Fsp3) is 0.261. The van der Waals surface area contributed by atoms with Crippen LogP contribution in [0.15, 0.2) is 58.5 Å². The molecular weight excluding hydrogens is 412 g/mol. The first-order valence-corrected chi connectivity index (χ1v) is 11.2. The summed E-state index contributed by atoms with van der Waals surface area (Å²) in [5, 5.41) is 5.20. The van der Waals surface area contributed by atoms with Gasteiger partial charge in [0.15, 0.2) is 22.2 Å². The number of aryl methyl sites for hydroxylation is 2. The normalized spacial score (nSPS) is 12.6. The van der Waals surface area contributed by atoms with Gasteiger partial charge < -0.3 is 9.47 Å². The largest absolute Gasteiger partial charge is 0.454 e. The molecule has 0 unspecified atom stereocenters. The van der Waals surface area contributed by atoms with Gasteiger partial charge in [-0.25, -0.2) is 4.98 Å². The maximum Gasteiger partial charge on any atom is 0.280 e. The summed E-state index contributed by atoms with van der Waals surface area (Å²) in [6, 6.07) is 15.9. The van der Waals surface area contributed by atoms with E-state index in [1.165, 1.54) is 5.56 Å². The Morgan fingerprint density at radius 3 is 2.68 bits per heavy atom. The average molecular weight is 435 g/mol. The van der Waals surface area contributed by atoms with Crippen LogP contribution < -0.4 is 15.0 Å². The zero-order valence-corrected chi connectivity index (χ0v) is 18.2. The number of ether oxygens (including phenoxy) is 2. The summed E-state index contributed by atoms with van der Waals surface area (Å²) in [5.74, 6) is 2.15. The van der Waals surface area contributed by atoms with Crippen LogP contribution in [0.3, 0.4) is 0 Å². The van der Waals surface area contributed by atoms with Crippen LogP contribution in [0.2, 0.25) is 0 Å². The van der Waals surface area contributed by atoms with Gasteiger partial charge in [-0.3, -0.25) is 14.0 Å². The quantitative estimate of drug-likeness (QED) is 0.338. The Balaban J connectivity index is 1.59. The zero-order chi connectivity index (χ0) is 21.4. The maximum atomic E-state index is 13.6. The lowest BCUT2D eigenvalue weighted by molar-refractivity contribution is 0.174. The molecule has 0 amide bonds. The first-order valence-electron chi connectivity index (χ1n) is 10.2. The second-order valence-electron chi connectivity index (χ2n) is 7.35. The lowest BCUT2D eigenvalue weighted by Crippen LogP contribution is -2.25. The minimum absolute atomic E-state index is 0.0827. The third kappa shape index (κ3) is 3.67. The van der Waals surface area contributed by atoms with Crippen molar-refractivity contribution in [2.45, 2.75) is 37.8 Å². The number of hydrogen-bond acceptors (Lipinski definition) is 6. The summed E-state index contributed by atoms with van der Waals surface area (Å²) >= 11 is 1.56. The Kier molecular flexibility index (Phi) is 5.15. The average Bonchev–Trinajstić information content (AvgIpc) is 3.39.